The molecule has 0 saturated carbocycles. The minimum Gasteiger partial charge on any atom is -0.291 e. The second-order valence-electron chi connectivity index (χ2n) is 2.70. The van der Waals surface area contributed by atoms with E-state index in [-0.39, 0.29) is 11.6 Å². The van der Waals surface area contributed by atoms with Gasteiger partial charge in [0.1, 0.15) is 0 Å². The Labute approximate surface area is 61.6 Å². The Kier molecular flexibility index (Phi) is 3.93. The Hall–Kier alpha value is -0.660. The molecule has 2 heteroatoms. The molecule has 0 aromatic rings. The first-order valence-electron chi connectivity index (χ1n) is 3.61. The van der Waals surface area contributed by atoms with Crippen molar-refractivity contribution in [3.05, 3.63) is 0 Å². The fraction of sp³-hybridized carbons (Fsp3) is 0.750. The van der Waals surface area contributed by atoms with E-state index >= 15 is 0 Å². The lowest BCUT2D eigenvalue weighted by Crippen LogP contribution is -2.12. The van der Waals surface area contributed by atoms with Crippen LogP contribution in [0.5, 0.6) is 0 Å². The first kappa shape index (κ1) is 9.34. The summed E-state index contributed by atoms with van der Waals surface area (Å²) in [6.45, 7) is 5.31. The van der Waals surface area contributed by atoms with Gasteiger partial charge in [-0.3, -0.25) is 9.59 Å². The van der Waals surface area contributed by atoms with Gasteiger partial charge in [0.2, 0.25) is 0 Å². The Morgan fingerprint density at radius 3 is 2.20 bits per heavy atom. The van der Waals surface area contributed by atoms with E-state index in [4.69, 9.17) is 0 Å². The van der Waals surface area contributed by atoms with Crippen molar-refractivity contribution in [2.24, 2.45) is 5.92 Å². The van der Waals surface area contributed by atoms with Gasteiger partial charge in [-0.25, -0.2) is 0 Å². The third-order valence-electron chi connectivity index (χ3n) is 1.62. The standard InChI is InChI=1S/C8H14O2/c1-4-6(2)5-8(10)7(3)9/h6H,4-5H2,1-3H3. The summed E-state index contributed by atoms with van der Waals surface area (Å²) in [6, 6.07) is 0. The highest BCUT2D eigenvalue weighted by molar-refractivity contribution is 6.36. The van der Waals surface area contributed by atoms with E-state index in [9.17, 15) is 9.59 Å². The van der Waals surface area contributed by atoms with Gasteiger partial charge in [-0.2, -0.15) is 0 Å². The zero-order valence-corrected chi connectivity index (χ0v) is 6.81. The maximum atomic E-state index is 10.8. The smallest absolute Gasteiger partial charge is 0.198 e. The minimum atomic E-state index is -0.319. The highest BCUT2D eigenvalue weighted by Crippen LogP contribution is 2.06. The summed E-state index contributed by atoms with van der Waals surface area (Å²) < 4.78 is 0. The predicted octanol–water partition coefficient (Wildman–Crippen LogP) is 1.58. The average molecular weight is 142 g/mol. The van der Waals surface area contributed by atoms with Gasteiger partial charge in [-0.05, 0) is 5.92 Å². The quantitative estimate of drug-likeness (QED) is 0.558. The fourth-order valence-electron chi connectivity index (χ4n) is 0.605. The molecule has 1 atom stereocenters. The number of hydrogen-bond donors (Lipinski definition) is 0. The molecule has 0 amide bonds. The van der Waals surface area contributed by atoms with Crippen molar-refractivity contribution in [3.63, 3.8) is 0 Å². The van der Waals surface area contributed by atoms with Crippen molar-refractivity contribution >= 4 is 11.6 Å². The summed E-state index contributed by atoms with van der Waals surface area (Å²) in [4.78, 5) is 21.2. The van der Waals surface area contributed by atoms with Crippen LogP contribution >= 0.6 is 0 Å². The third kappa shape index (κ3) is 3.38. The molecule has 10 heavy (non-hydrogen) atoms. The maximum Gasteiger partial charge on any atom is 0.198 e. The first-order chi connectivity index (χ1) is 4.57. The molecule has 2 nitrogen and oxygen atoms in total. The van der Waals surface area contributed by atoms with E-state index in [0.717, 1.165) is 6.42 Å². The lowest BCUT2D eigenvalue weighted by molar-refractivity contribution is -0.135. The van der Waals surface area contributed by atoms with Crippen LogP contribution < -0.4 is 0 Å². The Bertz CT molecular complexity index is 138. The lowest BCUT2D eigenvalue weighted by Gasteiger charge is -2.03. The Morgan fingerprint density at radius 2 is 1.90 bits per heavy atom. The van der Waals surface area contributed by atoms with Gasteiger partial charge < -0.3 is 0 Å². The van der Waals surface area contributed by atoms with Crippen molar-refractivity contribution in [2.45, 2.75) is 33.6 Å². The fourth-order valence-corrected chi connectivity index (χ4v) is 0.605. The van der Waals surface area contributed by atoms with Crippen LogP contribution in [0, 0.1) is 5.92 Å². The molecule has 0 aliphatic rings. The molecule has 0 rings (SSSR count). The number of Topliss-reactive ketones (excluding diaryl/α,β-unsaturated/α-hetero) is 2. The van der Waals surface area contributed by atoms with Crippen LogP contribution in [0.15, 0.2) is 0 Å². The molecule has 0 saturated heterocycles. The normalized spacial score (nSPS) is 12.7. The maximum absolute atomic E-state index is 10.8. The van der Waals surface area contributed by atoms with Crippen molar-refractivity contribution < 1.29 is 9.59 Å². The Balaban J connectivity index is 3.68. The molecule has 0 N–H and O–H groups in total. The zero-order chi connectivity index (χ0) is 8.15. The molecule has 1 unspecified atom stereocenters. The highest BCUT2D eigenvalue weighted by Gasteiger charge is 2.10. The van der Waals surface area contributed by atoms with Crippen molar-refractivity contribution in [3.8, 4) is 0 Å². The van der Waals surface area contributed by atoms with Gasteiger partial charge in [-0.15, -0.1) is 0 Å². The van der Waals surface area contributed by atoms with E-state index in [2.05, 4.69) is 0 Å². The van der Waals surface area contributed by atoms with Crippen LogP contribution in [0.25, 0.3) is 0 Å². The summed E-state index contributed by atoms with van der Waals surface area (Å²) in [7, 11) is 0. The van der Waals surface area contributed by atoms with Gasteiger partial charge in [0, 0.05) is 13.3 Å². The van der Waals surface area contributed by atoms with E-state index in [1.165, 1.54) is 6.92 Å². The SMILES string of the molecule is CCC(C)CC(=O)C(C)=O. The molecule has 0 bridgehead atoms. The molecular weight excluding hydrogens is 128 g/mol. The van der Waals surface area contributed by atoms with Crippen molar-refractivity contribution in [2.75, 3.05) is 0 Å². The summed E-state index contributed by atoms with van der Waals surface area (Å²) in [5.74, 6) is -0.217. The molecule has 58 valence electrons. The molecule has 0 aromatic carbocycles. The number of rotatable bonds is 4. The molecule has 0 fully saturated rings. The number of carbonyl (C=O) groups excluding carboxylic acids is 2. The first-order valence-corrected chi connectivity index (χ1v) is 3.61. The van der Waals surface area contributed by atoms with Crippen molar-refractivity contribution in [1.29, 1.82) is 0 Å². The third-order valence-corrected chi connectivity index (χ3v) is 1.62. The summed E-state index contributed by atoms with van der Waals surface area (Å²) in [5, 5.41) is 0. The second kappa shape index (κ2) is 4.20. The van der Waals surface area contributed by atoms with Crippen LogP contribution in [0.3, 0.4) is 0 Å². The molecular formula is C8H14O2. The zero-order valence-electron chi connectivity index (χ0n) is 6.81. The number of carbonyl (C=O) groups is 2. The topological polar surface area (TPSA) is 34.1 Å². The molecule has 0 aromatic heterocycles. The van der Waals surface area contributed by atoms with Gasteiger partial charge >= 0.3 is 0 Å². The molecule has 0 aliphatic heterocycles. The number of ketones is 2. The molecule has 0 heterocycles. The lowest BCUT2D eigenvalue weighted by atomic mass is 10.0. The van der Waals surface area contributed by atoms with Crippen LogP contribution in [0.2, 0.25) is 0 Å². The highest BCUT2D eigenvalue weighted by atomic mass is 16.2. The number of hydrogen-bond acceptors (Lipinski definition) is 2. The summed E-state index contributed by atoms with van der Waals surface area (Å²) >= 11 is 0. The van der Waals surface area contributed by atoms with Gasteiger partial charge in [-0.1, -0.05) is 20.3 Å². The van der Waals surface area contributed by atoms with E-state index in [1.54, 1.807) is 0 Å². The van der Waals surface area contributed by atoms with Crippen LogP contribution in [-0.4, -0.2) is 11.6 Å². The van der Waals surface area contributed by atoms with Crippen molar-refractivity contribution in [1.82, 2.24) is 0 Å². The Morgan fingerprint density at radius 1 is 1.40 bits per heavy atom. The van der Waals surface area contributed by atoms with Gasteiger partial charge in [0.05, 0.1) is 0 Å². The largest absolute Gasteiger partial charge is 0.291 e. The second-order valence-corrected chi connectivity index (χ2v) is 2.70. The van der Waals surface area contributed by atoms with E-state index in [1.807, 2.05) is 13.8 Å². The van der Waals surface area contributed by atoms with E-state index < -0.39 is 0 Å². The minimum absolute atomic E-state index is 0.241. The van der Waals surface area contributed by atoms with Crippen LogP contribution in [0.4, 0.5) is 0 Å². The summed E-state index contributed by atoms with van der Waals surface area (Å²) in [6.07, 6.45) is 1.37. The summed E-state index contributed by atoms with van der Waals surface area (Å²) in [5.41, 5.74) is 0. The monoisotopic (exact) mass is 142 g/mol. The van der Waals surface area contributed by atoms with Crippen LogP contribution in [-0.2, 0) is 9.59 Å². The average Bonchev–Trinajstić information content (AvgIpc) is 1.87. The van der Waals surface area contributed by atoms with Gasteiger partial charge in [0.25, 0.3) is 0 Å². The van der Waals surface area contributed by atoms with E-state index in [0.29, 0.717) is 12.3 Å². The predicted molar refractivity (Wildman–Crippen MR) is 39.8 cm³/mol. The molecule has 0 aliphatic carbocycles. The molecule has 0 radical (unpaired) electrons. The van der Waals surface area contributed by atoms with Gasteiger partial charge in [0.15, 0.2) is 11.6 Å². The molecule has 0 spiro atoms. The van der Waals surface area contributed by atoms with Crippen LogP contribution in [0.1, 0.15) is 33.6 Å².